The maximum Gasteiger partial charge on any atom is 0.344 e. The molecule has 41 heavy (non-hydrogen) atoms. The fraction of sp³-hybridized carbons (Fsp3) is 0.167. The molecule has 0 unspecified atom stereocenters. The van der Waals surface area contributed by atoms with E-state index in [9.17, 15) is 24.5 Å². The summed E-state index contributed by atoms with van der Waals surface area (Å²) in [4.78, 5) is 49.6. The van der Waals surface area contributed by atoms with E-state index in [1.165, 1.54) is 24.3 Å². The van der Waals surface area contributed by atoms with Gasteiger partial charge in [0, 0.05) is 48.0 Å². The number of hydrogen-bond acceptors (Lipinski definition) is 10. The second kappa shape index (κ2) is 11.4. The molecule has 0 radical (unpaired) electrons. The largest absolute Gasteiger partial charge is 0.461 e. The van der Waals surface area contributed by atoms with Crippen molar-refractivity contribution in [2.75, 3.05) is 38.3 Å². The van der Waals surface area contributed by atoms with Gasteiger partial charge in [-0.1, -0.05) is 18.7 Å². The summed E-state index contributed by atoms with van der Waals surface area (Å²) in [6.07, 6.45) is 1.11. The van der Waals surface area contributed by atoms with Crippen LogP contribution >= 0.6 is 0 Å². The van der Waals surface area contributed by atoms with Crippen LogP contribution in [0, 0.1) is 10.1 Å². The number of methoxy groups -OCH3 is 1. The lowest BCUT2D eigenvalue weighted by atomic mass is 10.0. The zero-order chi connectivity index (χ0) is 29.1. The number of anilines is 1. The molecule has 0 spiro atoms. The number of esters is 3. The minimum Gasteiger partial charge on any atom is -0.461 e. The van der Waals surface area contributed by atoms with E-state index in [2.05, 4.69) is 6.58 Å². The van der Waals surface area contributed by atoms with Gasteiger partial charge in [0.05, 0.1) is 29.2 Å². The number of rotatable bonds is 11. The fourth-order valence-electron chi connectivity index (χ4n) is 4.66. The van der Waals surface area contributed by atoms with Gasteiger partial charge in [-0.2, -0.15) is 0 Å². The smallest absolute Gasteiger partial charge is 0.344 e. The van der Waals surface area contributed by atoms with Crippen molar-refractivity contribution in [1.82, 2.24) is 0 Å². The monoisotopic (exact) mass is 556 g/mol. The second-order valence-electron chi connectivity index (χ2n) is 9.08. The van der Waals surface area contributed by atoms with Crippen LogP contribution in [0.4, 0.5) is 11.4 Å². The predicted octanol–water partition coefficient (Wildman–Crippen LogP) is 2.01. The maximum absolute atomic E-state index is 13.0. The van der Waals surface area contributed by atoms with Gasteiger partial charge in [0.1, 0.15) is 18.1 Å². The summed E-state index contributed by atoms with van der Waals surface area (Å²) < 4.78 is 21.4. The van der Waals surface area contributed by atoms with Gasteiger partial charge in [0.15, 0.2) is 0 Å². The summed E-state index contributed by atoms with van der Waals surface area (Å²) >= 11 is 0. The molecular formula is C30H24N2O9. The zero-order valence-corrected chi connectivity index (χ0v) is 22.0. The van der Waals surface area contributed by atoms with Gasteiger partial charge in [0.2, 0.25) is 0 Å². The number of carbonyl (C=O) groups excluding carboxylic acids is 3. The van der Waals surface area contributed by atoms with E-state index in [4.69, 9.17) is 18.9 Å². The Labute approximate surface area is 233 Å². The van der Waals surface area contributed by atoms with E-state index in [1.807, 2.05) is 17.0 Å². The molecule has 0 N–H and O–H groups in total. The highest BCUT2D eigenvalue weighted by atomic mass is 16.6. The maximum atomic E-state index is 13.0. The first-order chi connectivity index (χ1) is 19.8. The molecule has 11 heteroatoms. The van der Waals surface area contributed by atoms with Crippen LogP contribution in [0.25, 0.3) is 11.1 Å². The third-order valence-electron chi connectivity index (χ3n) is 6.66. The highest BCUT2D eigenvalue weighted by Crippen LogP contribution is 2.28. The lowest BCUT2D eigenvalue weighted by Gasteiger charge is -2.24. The molecule has 0 amide bonds. The lowest BCUT2D eigenvalue weighted by Crippen LogP contribution is -2.31. The van der Waals surface area contributed by atoms with Gasteiger partial charge in [-0.3, -0.25) is 10.1 Å². The van der Waals surface area contributed by atoms with E-state index in [0.29, 0.717) is 46.8 Å². The molecule has 0 bridgehead atoms. The minimum atomic E-state index is -0.607. The normalized spacial score (nSPS) is 13.3. The van der Waals surface area contributed by atoms with E-state index in [0.717, 1.165) is 11.8 Å². The quantitative estimate of drug-likeness (QED) is 0.113. The van der Waals surface area contributed by atoms with Crippen LogP contribution in [-0.4, -0.2) is 56.2 Å². The molecule has 0 aliphatic carbocycles. The van der Waals surface area contributed by atoms with Crippen LogP contribution in [-0.2, 0) is 23.9 Å². The Bertz CT molecular complexity index is 1690. The molecule has 0 saturated carbocycles. The molecule has 3 aromatic rings. The molecular weight excluding hydrogens is 532 g/mol. The third-order valence-corrected chi connectivity index (χ3v) is 6.66. The molecule has 0 atom stereocenters. The van der Waals surface area contributed by atoms with Crippen molar-refractivity contribution in [3.63, 3.8) is 0 Å². The van der Waals surface area contributed by atoms with Gasteiger partial charge in [-0.05, 0) is 47.5 Å². The van der Waals surface area contributed by atoms with E-state index in [-0.39, 0.29) is 29.4 Å². The standard InChI is InChI=1S/C30H24N2O9/c1-3-26(33)39-15-13-31(12-14-38-2)20-8-4-18(5-9-20)27-22-16-25-23(17-24(22)40-29(27)34)28(30(35)41-25)19-6-10-21(11-7-19)32(36)37/h3-11,16-17H,1,12-15H2,2H3. The number of hydrogen-bond donors (Lipinski definition) is 0. The average molecular weight is 557 g/mol. The third kappa shape index (κ3) is 5.43. The average Bonchev–Trinajstić information content (AvgIpc) is 3.47. The van der Waals surface area contributed by atoms with E-state index >= 15 is 0 Å². The van der Waals surface area contributed by atoms with Gasteiger partial charge >= 0.3 is 17.9 Å². The summed E-state index contributed by atoms with van der Waals surface area (Å²) in [5.74, 6) is -1.13. The predicted molar refractivity (Wildman–Crippen MR) is 147 cm³/mol. The van der Waals surface area contributed by atoms with Crippen LogP contribution in [0.1, 0.15) is 11.1 Å². The van der Waals surface area contributed by atoms with E-state index < -0.39 is 22.8 Å². The molecule has 2 aliphatic heterocycles. The van der Waals surface area contributed by atoms with Crippen molar-refractivity contribution in [1.29, 1.82) is 0 Å². The highest BCUT2D eigenvalue weighted by molar-refractivity contribution is 6.21. The lowest BCUT2D eigenvalue weighted by molar-refractivity contribution is -0.384. The number of benzene rings is 3. The van der Waals surface area contributed by atoms with Crippen molar-refractivity contribution < 1.29 is 38.3 Å². The molecule has 208 valence electrons. The number of fused-ring (bicyclic) bond motifs is 2. The number of ether oxygens (including phenoxy) is 4. The molecule has 2 aliphatic rings. The Balaban J connectivity index is 1.48. The van der Waals surface area contributed by atoms with Gasteiger partial charge in [-0.15, -0.1) is 0 Å². The Morgan fingerprint density at radius 3 is 1.90 bits per heavy atom. The summed E-state index contributed by atoms with van der Waals surface area (Å²) in [5.41, 5.74) is 2.32. The van der Waals surface area contributed by atoms with Crippen LogP contribution < -0.4 is 24.8 Å². The SMILES string of the molecule is C=CC(=O)OCCN(CCOC)c1ccc(C2=c3cc4c(cc3OC2=O)=C(c2ccc([N+](=O)[O-])cc2)C(=O)O4)cc1. The number of carbonyl (C=O) groups is 3. The summed E-state index contributed by atoms with van der Waals surface area (Å²) in [6.45, 7) is 4.98. The Morgan fingerprint density at radius 2 is 1.41 bits per heavy atom. The van der Waals surface area contributed by atoms with Crippen molar-refractivity contribution in [2.24, 2.45) is 0 Å². The van der Waals surface area contributed by atoms with Crippen LogP contribution in [0.2, 0.25) is 0 Å². The highest BCUT2D eigenvalue weighted by Gasteiger charge is 2.30. The Morgan fingerprint density at radius 1 is 0.902 bits per heavy atom. The summed E-state index contributed by atoms with van der Waals surface area (Å²) in [7, 11) is 1.60. The molecule has 5 rings (SSSR count). The van der Waals surface area contributed by atoms with Crippen molar-refractivity contribution in [3.8, 4) is 11.5 Å². The van der Waals surface area contributed by atoms with Crippen molar-refractivity contribution in [2.45, 2.75) is 0 Å². The summed E-state index contributed by atoms with van der Waals surface area (Å²) in [6, 6.07) is 16.0. The fourth-order valence-corrected chi connectivity index (χ4v) is 4.66. The van der Waals surface area contributed by atoms with Gasteiger partial charge in [-0.25, -0.2) is 14.4 Å². The molecule has 0 saturated heterocycles. The van der Waals surface area contributed by atoms with Crippen LogP contribution in [0.5, 0.6) is 11.5 Å². The van der Waals surface area contributed by atoms with Crippen molar-refractivity contribution in [3.05, 3.63) is 105 Å². The molecule has 11 nitrogen and oxygen atoms in total. The molecule has 3 aromatic carbocycles. The number of non-ortho nitro benzene ring substituents is 1. The zero-order valence-electron chi connectivity index (χ0n) is 22.0. The first kappa shape index (κ1) is 27.3. The molecule has 2 heterocycles. The van der Waals surface area contributed by atoms with Gasteiger partial charge < -0.3 is 23.8 Å². The first-order valence-corrected chi connectivity index (χ1v) is 12.6. The Kier molecular flexibility index (Phi) is 7.61. The molecule has 0 aromatic heterocycles. The minimum absolute atomic E-state index is 0.105. The van der Waals surface area contributed by atoms with E-state index in [1.54, 1.807) is 31.4 Å². The second-order valence-corrected chi connectivity index (χ2v) is 9.08. The number of nitro benzene ring substituents is 1. The number of nitrogens with zero attached hydrogens (tertiary/aromatic N) is 2. The van der Waals surface area contributed by atoms with Crippen molar-refractivity contribution >= 4 is 40.4 Å². The van der Waals surface area contributed by atoms with Crippen LogP contribution in [0.3, 0.4) is 0 Å². The van der Waals surface area contributed by atoms with Crippen LogP contribution in [0.15, 0.2) is 73.3 Å². The summed E-state index contributed by atoms with van der Waals surface area (Å²) in [5, 5.41) is 11.9. The number of nitro groups is 1. The first-order valence-electron chi connectivity index (χ1n) is 12.6. The topological polar surface area (TPSA) is 135 Å². The Hall–Kier alpha value is -5.29. The molecule has 0 fully saturated rings. The van der Waals surface area contributed by atoms with Gasteiger partial charge in [0.25, 0.3) is 5.69 Å².